The van der Waals surface area contributed by atoms with Crippen molar-refractivity contribution in [3.63, 3.8) is 0 Å². The highest BCUT2D eigenvalue weighted by molar-refractivity contribution is 7.10. The second-order valence-corrected chi connectivity index (χ2v) is 4.54. The Morgan fingerprint density at radius 1 is 1.50 bits per heavy atom. The van der Waals surface area contributed by atoms with Gasteiger partial charge in [-0.1, -0.05) is 0 Å². The lowest BCUT2D eigenvalue weighted by Crippen LogP contribution is -2.25. The van der Waals surface area contributed by atoms with Crippen LogP contribution < -0.4 is 5.32 Å². The summed E-state index contributed by atoms with van der Waals surface area (Å²) >= 11 is 1.44. The summed E-state index contributed by atoms with van der Waals surface area (Å²) in [5.41, 5.74) is 0.509. The van der Waals surface area contributed by atoms with Crippen molar-refractivity contribution in [2.45, 2.75) is 25.9 Å². The third kappa shape index (κ3) is 4.65. The molecule has 0 saturated carbocycles. The Balaban J connectivity index is 2.26. The number of hydrogen-bond donors (Lipinski definition) is 1. The number of thiophene rings is 1. The minimum Gasteiger partial charge on any atom is -0.352 e. The molecule has 0 aliphatic heterocycles. The van der Waals surface area contributed by atoms with Crippen molar-refractivity contribution in [2.24, 2.45) is 0 Å². The van der Waals surface area contributed by atoms with Crippen molar-refractivity contribution in [1.29, 1.82) is 0 Å². The van der Waals surface area contributed by atoms with Gasteiger partial charge in [-0.3, -0.25) is 4.79 Å². The van der Waals surface area contributed by atoms with Gasteiger partial charge in [0.2, 0.25) is 0 Å². The molecule has 16 heavy (non-hydrogen) atoms. The molecule has 6 heteroatoms. The van der Waals surface area contributed by atoms with Gasteiger partial charge in [-0.2, -0.15) is 13.2 Å². The van der Waals surface area contributed by atoms with Crippen LogP contribution in [-0.4, -0.2) is 18.6 Å². The van der Waals surface area contributed by atoms with Gasteiger partial charge in [-0.15, -0.1) is 11.3 Å². The van der Waals surface area contributed by atoms with Crippen LogP contribution in [-0.2, 0) is 0 Å². The molecule has 0 radical (unpaired) electrons. The quantitative estimate of drug-likeness (QED) is 0.818. The van der Waals surface area contributed by atoms with E-state index in [0.717, 1.165) is 4.88 Å². The number of aryl methyl sites for hydroxylation is 1. The zero-order valence-corrected chi connectivity index (χ0v) is 9.54. The van der Waals surface area contributed by atoms with Crippen LogP contribution in [0.1, 0.15) is 28.1 Å². The highest BCUT2D eigenvalue weighted by Crippen LogP contribution is 2.20. The smallest absolute Gasteiger partial charge is 0.352 e. The summed E-state index contributed by atoms with van der Waals surface area (Å²) in [6, 6.07) is 1.71. The molecule has 0 saturated heterocycles. The summed E-state index contributed by atoms with van der Waals surface area (Å²) in [4.78, 5) is 12.4. The second kappa shape index (κ2) is 5.34. The summed E-state index contributed by atoms with van der Waals surface area (Å²) < 4.78 is 35.4. The number of carbonyl (C=O) groups excluding carboxylic acids is 1. The lowest BCUT2D eigenvalue weighted by Gasteiger charge is -2.06. The third-order valence-electron chi connectivity index (χ3n) is 1.92. The fourth-order valence-corrected chi connectivity index (χ4v) is 1.84. The Bertz CT molecular complexity index is 359. The topological polar surface area (TPSA) is 29.1 Å². The van der Waals surface area contributed by atoms with E-state index in [1.54, 1.807) is 11.4 Å². The number of carbonyl (C=O) groups is 1. The lowest BCUT2D eigenvalue weighted by atomic mass is 10.2. The highest BCUT2D eigenvalue weighted by atomic mass is 32.1. The average Bonchev–Trinajstić information content (AvgIpc) is 2.57. The lowest BCUT2D eigenvalue weighted by molar-refractivity contribution is -0.135. The number of halogens is 3. The van der Waals surface area contributed by atoms with E-state index in [0.29, 0.717) is 5.56 Å². The third-order valence-corrected chi connectivity index (χ3v) is 2.78. The molecule has 1 heterocycles. The van der Waals surface area contributed by atoms with Crippen LogP contribution >= 0.6 is 11.3 Å². The van der Waals surface area contributed by atoms with Crippen LogP contribution in [0, 0.1) is 6.92 Å². The molecule has 1 aromatic heterocycles. The molecule has 0 bridgehead atoms. The first kappa shape index (κ1) is 13.0. The van der Waals surface area contributed by atoms with Crippen LogP contribution in [0.4, 0.5) is 13.2 Å². The van der Waals surface area contributed by atoms with E-state index < -0.39 is 12.6 Å². The van der Waals surface area contributed by atoms with E-state index in [1.807, 2.05) is 6.92 Å². The maximum Gasteiger partial charge on any atom is 0.389 e. The first-order valence-electron chi connectivity index (χ1n) is 4.78. The normalized spacial score (nSPS) is 11.5. The van der Waals surface area contributed by atoms with Crippen LogP contribution in [0.5, 0.6) is 0 Å². The van der Waals surface area contributed by atoms with E-state index in [1.165, 1.54) is 11.3 Å². The van der Waals surface area contributed by atoms with E-state index >= 15 is 0 Å². The first-order valence-corrected chi connectivity index (χ1v) is 5.66. The van der Waals surface area contributed by atoms with Crippen molar-refractivity contribution >= 4 is 17.2 Å². The summed E-state index contributed by atoms with van der Waals surface area (Å²) in [6.45, 7) is 1.92. The molecule has 0 unspecified atom stereocenters. The van der Waals surface area contributed by atoms with Gasteiger partial charge in [0.05, 0.1) is 5.56 Å². The van der Waals surface area contributed by atoms with Gasteiger partial charge in [0.25, 0.3) is 5.91 Å². The first-order chi connectivity index (χ1) is 7.38. The molecular weight excluding hydrogens is 239 g/mol. The predicted octanol–water partition coefficient (Wildman–Crippen LogP) is 3.13. The predicted molar refractivity (Wildman–Crippen MR) is 56.7 cm³/mol. The number of hydrogen-bond acceptors (Lipinski definition) is 2. The van der Waals surface area contributed by atoms with E-state index in [-0.39, 0.29) is 18.9 Å². The number of rotatable bonds is 4. The number of alkyl halides is 3. The summed E-state index contributed by atoms with van der Waals surface area (Å²) in [5.74, 6) is -0.313. The molecule has 0 fully saturated rings. The number of nitrogens with one attached hydrogen (secondary N) is 1. The van der Waals surface area contributed by atoms with Crippen molar-refractivity contribution < 1.29 is 18.0 Å². The highest BCUT2D eigenvalue weighted by Gasteiger charge is 2.25. The summed E-state index contributed by atoms with van der Waals surface area (Å²) in [5, 5.41) is 4.14. The van der Waals surface area contributed by atoms with E-state index in [2.05, 4.69) is 5.32 Å². The average molecular weight is 251 g/mol. The Labute approximate surface area is 95.5 Å². The molecule has 0 aromatic carbocycles. The van der Waals surface area contributed by atoms with E-state index in [9.17, 15) is 18.0 Å². The van der Waals surface area contributed by atoms with Crippen LogP contribution in [0.25, 0.3) is 0 Å². The van der Waals surface area contributed by atoms with Gasteiger partial charge in [0, 0.05) is 23.2 Å². The SMILES string of the molecule is Cc1cc(C(=O)NCCCC(F)(F)F)cs1. The van der Waals surface area contributed by atoms with Crippen molar-refractivity contribution in [1.82, 2.24) is 5.32 Å². The molecule has 1 aromatic rings. The Kier molecular flexibility index (Phi) is 4.35. The molecule has 2 nitrogen and oxygen atoms in total. The van der Waals surface area contributed by atoms with Crippen molar-refractivity contribution in [3.8, 4) is 0 Å². The van der Waals surface area contributed by atoms with Crippen LogP contribution in [0.15, 0.2) is 11.4 Å². The minimum absolute atomic E-state index is 0.0488. The van der Waals surface area contributed by atoms with Gasteiger partial charge in [-0.25, -0.2) is 0 Å². The molecule has 1 N–H and O–H groups in total. The molecule has 0 aliphatic rings. The molecule has 0 spiro atoms. The Hall–Kier alpha value is -1.04. The Morgan fingerprint density at radius 2 is 2.19 bits per heavy atom. The minimum atomic E-state index is -4.15. The van der Waals surface area contributed by atoms with Gasteiger partial charge < -0.3 is 5.32 Å². The second-order valence-electron chi connectivity index (χ2n) is 3.42. The number of amides is 1. The van der Waals surface area contributed by atoms with Crippen molar-refractivity contribution in [2.75, 3.05) is 6.54 Å². The summed E-state index contributed by atoms with van der Waals surface area (Å²) in [7, 11) is 0. The Morgan fingerprint density at radius 3 is 2.69 bits per heavy atom. The van der Waals surface area contributed by atoms with Crippen LogP contribution in [0.2, 0.25) is 0 Å². The molecule has 90 valence electrons. The standard InChI is InChI=1S/C10H12F3NOS/c1-7-5-8(6-16-7)9(15)14-4-2-3-10(11,12)13/h5-6H,2-4H2,1H3,(H,14,15). The van der Waals surface area contributed by atoms with Gasteiger partial charge in [-0.05, 0) is 19.4 Å². The monoisotopic (exact) mass is 251 g/mol. The maximum absolute atomic E-state index is 11.8. The largest absolute Gasteiger partial charge is 0.389 e. The molecule has 1 amide bonds. The zero-order chi connectivity index (χ0) is 12.2. The fraction of sp³-hybridized carbons (Fsp3) is 0.500. The maximum atomic E-state index is 11.8. The fourth-order valence-electron chi connectivity index (χ4n) is 1.16. The van der Waals surface area contributed by atoms with Gasteiger partial charge >= 0.3 is 6.18 Å². The molecule has 0 atom stereocenters. The molecular formula is C10H12F3NOS. The van der Waals surface area contributed by atoms with Crippen LogP contribution in [0.3, 0.4) is 0 Å². The summed E-state index contributed by atoms with van der Waals surface area (Å²) in [6.07, 6.45) is -5.10. The van der Waals surface area contributed by atoms with Gasteiger partial charge in [0.15, 0.2) is 0 Å². The zero-order valence-electron chi connectivity index (χ0n) is 8.73. The molecule has 0 aliphatic carbocycles. The van der Waals surface area contributed by atoms with Gasteiger partial charge in [0.1, 0.15) is 0 Å². The van der Waals surface area contributed by atoms with E-state index in [4.69, 9.17) is 0 Å². The van der Waals surface area contributed by atoms with Crippen molar-refractivity contribution in [3.05, 3.63) is 21.9 Å². The molecule has 1 rings (SSSR count).